The van der Waals surface area contributed by atoms with Gasteiger partial charge in [0.1, 0.15) is 0 Å². The van der Waals surface area contributed by atoms with Gasteiger partial charge in [-0.25, -0.2) is 13.4 Å². The smallest absolute Gasteiger partial charge is 0.243 e. The molecule has 1 N–H and O–H groups in total. The standard InChI is InChI=1S/C24H28N4O4S2/c1-31-22-12-8-10-19(23(22)32-2)16-25-27-24-26-21(17-33-24)18-9-7-11-20(15-18)34(29,30)28-13-5-3-4-6-14-28/h7-12,15-17H,3-6,13-14H2,1-2H3,(H,26,27). The van der Waals surface area contributed by atoms with E-state index in [9.17, 15) is 8.42 Å². The van der Waals surface area contributed by atoms with Gasteiger partial charge in [0, 0.05) is 29.6 Å². The number of benzene rings is 2. The lowest BCUT2D eigenvalue weighted by molar-refractivity contribution is 0.354. The van der Waals surface area contributed by atoms with Gasteiger partial charge in [0.2, 0.25) is 15.2 Å². The molecule has 0 spiro atoms. The summed E-state index contributed by atoms with van der Waals surface area (Å²) in [6, 6.07) is 12.5. The predicted molar refractivity (Wildman–Crippen MR) is 136 cm³/mol. The predicted octanol–water partition coefficient (Wildman–Crippen LogP) is 4.84. The fourth-order valence-corrected chi connectivity index (χ4v) is 6.11. The zero-order chi connectivity index (χ0) is 24.0. The van der Waals surface area contributed by atoms with Crippen LogP contribution in [-0.2, 0) is 10.0 Å². The second-order valence-corrected chi connectivity index (χ2v) is 10.6. The molecular formula is C24H28N4O4S2. The monoisotopic (exact) mass is 500 g/mol. The number of methoxy groups -OCH3 is 2. The molecule has 0 radical (unpaired) electrons. The summed E-state index contributed by atoms with van der Waals surface area (Å²) in [4.78, 5) is 4.87. The molecule has 4 rings (SSSR count). The fraction of sp³-hybridized carbons (Fsp3) is 0.333. The van der Waals surface area contributed by atoms with E-state index >= 15 is 0 Å². The molecule has 2 heterocycles. The van der Waals surface area contributed by atoms with Gasteiger partial charge in [0.05, 0.1) is 31.0 Å². The van der Waals surface area contributed by atoms with Gasteiger partial charge in [-0.15, -0.1) is 11.3 Å². The highest BCUT2D eigenvalue weighted by Crippen LogP contribution is 2.30. The molecular weight excluding hydrogens is 472 g/mol. The lowest BCUT2D eigenvalue weighted by atomic mass is 10.2. The van der Waals surface area contributed by atoms with Gasteiger partial charge in [-0.1, -0.05) is 31.0 Å². The Morgan fingerprint density at radius 2 is 1.82 bits per heavy atom. The summed E-state index contributed by atoms with van der Waals surface area (Å²) >= 11 is 1.39. The highest BCUT2D eigenvalue weighted by atomic mass is 32.2. The number of anilines is 1. The fourth-order valence-electron chi connectivity index (χ4n) is 3.88. The molecule has 1 aliphatic rings. The van der Waals surface area contributed by atoms with E-state index in [4.69, 9.17) is 9.47 Å². The number of hydrogen-bond acceptors (Lipinski definition) is 8. The minimum absolute atomic E-state index is 0.303. The average Bonchev–Trinajstić information content (AvgIpc) is 3.15. The molecule has 1 aromatic heterocycles. The van der Waals surface area contributed by atoms with Crippen LogP contribution < -0.4 is 14.9 Å². The number of hydrogen-bond donors (Lipinski definition) is 1. The largest absolute Gasteiger partial charge is 0.493 e. The van der Waals surface area contributed by atoms with Crippen molar-refractivity contribution in [2.24, 2.45) is 5.10 Å². The van der Waals surface area contributed by atoms with Crippen LogP contribution in [0, 0.1) is 0 Å². The second-order valence-electron chi connectivity index (χ2n) is 7.84. The summed E-state index contributed by atoms with van der Waals surface area (Å²) in [6.07, 6.45) is 5.60. The van der Waals surface area contributed by atoms with Crippen LogP contribution in [0.2, 0.25) is 0 Å². The van der Waals surface area contributed by atoms with Crippen molar-refractivity contribution in [2.45, 2.75) is 30.6 Å². The van der Waals surface area contributed by atoms with Gasteiger partial charge >= 0.3 is 0 Å². The Morgan fingerprint density at radius 3 is 2.56 bits per heavy atom. The van der Waals surface area contributed by atoms with Gasteiger partial charge in [-0.05, 0) is 37.1 Å². The first kappa shape index (κ1) is 24.2. The third-order valence-corrected chi connectivity index (χ3v) is 8.28. The zero-order valence-electron chi connectivity index (χ0n) is 19.2. The van der Waals surface area contributed by atoms with Crippen LogP contribution in [0.4, 0.5) is 5.13 Å². The Morgan fingerprint density at radius 1 is 1.06 bits per heavy atom. The second kappa shape index (κ2) is 11.0. The summed E-state index contributed by atoms with van der Waals surface area (Å²) in [5.41, 5.74) is 5.13. The van der Waals surface area contributed by atoms with Crippen molar-refractivity contribution in [3.8, 4) is 22.8 Å². The first-order chi connectivity index (χ1) is 16.5. The summed E-state index contributed by atoms with van der Waals surface area (Å²) in [7, 11) is -0.353. The zero-order valence-corrected chi connectivity index (χ0v) is 20.9. The van der Waals surface area contributed by atoms with Crippen molar-refractivity contribution in [1.82, 2.24) is 9.29 Å². The van der Waals surface area contributed by atoms with Crippen molar-refractivity contribution in [3.63, 3.8) is 0 Å². The van der Waals surface area contributed by atoms with Crippen molar-refractivity contribution in [1.29, 1.82) is 0 Å². The van der Waals surface area contributed by atoms with Crippen LogP contribution in [0.25, 0.3) is 11.3 Å². The molecule has 0 aliphatic carbocycles. The van der Waals surface area contributed by atoms with Crippen LogP contribution >= 0.6 is 11.3 Å². The molecule has 0 atom stereocenters. The average molecular weight is 501 g/mol. The summed E-state index contributed by atoms with van der Waals surface area (Å²) < 4.78 is 38.6. The third kappa shape index (κ3) is 5.40. The maximum Gasteiger partial charge on any atom is 0.243 e. The van der Waals surface area contributed by atoms with Gasteiger partial charge in [-0.2, -0.15) is 9.41 Å². The number of aromatic nitrogens is 1. The van der Waals surface area contributed by atoms with E-state index in [1.807, 2.05) is 29.6 Å². The van der Waals surface area contributed by atoms with Gasteiger partial charge < -0.3 is 9.47 Å². The molecule has 2 aromatic carbocycles. The first-order valence-corrected chi connectivity index (χ1v) is 13.4. The molecule has 34 heavy (non-hydrogen) atoms. The Labute approximate surface area is 204 Å². The van der Waals surface area contributed by atoms with E-state index in [0.29, 0.717) is 40.3 Å². The van der Waals surface area contributed by atoms with Crippen molar-refractivity contribution in [2.75, 3.05) is 32.7 Å². The van der Waals surface area contributed by atoms with E-state index < -0.39 is 10.0 Å². The molecule has 3 aromatic rings. The SMILES string of the molecule is COc1cccc(C=NNc2nc(-c3cccc(S(=O)(=O)N4CCCCCC4)c3)cs2)c1OC. The molecule has 0 amide bonds. The van der Waals surface area contributed by atoms with Gasteiger partial charge in [0.25, 0.3) is 0 Å². The molecule has 8 nitrogen and oxygen atoms in total. The summed E-state index contributed by atoms with van der Waals surface area (Å²) in [5, 5.41) is 6.73. The molecule has 10 heteroatoms. The molecule has 0 bridgehead atoms. The number of hydrazone groups is 1. The number of thiazole rings is 1. The molecule has 1 saturated heterocycles. The maximum atomic E-state index is 13.2. The molecule has 1 fully saturated rings. The first-order valence-electron chi connectivity index (χ1n) is 11.1. The summed E-state index contributed by atoms with van der Waals surface area (Å²) in [5.74, 6) is 1.22. The maximum absolute atomic E-state index is 13.2. The van der Waals surface area contributed by atoms with Crippen molar-refractivity contribution in [3.05, 3.63) is 53.4 Å². The quantitative estimate of drug-likeness (QED) is 0.352. The van der Waals surface area contributed by atoms with E-state index in [1.165, 1.54) is 11.3 Å². The van der Waals surface area contributed by atoms with Gasteiger partial charge in [-0.3, -0.25) is 5.43 Å². The molecule has 0 unspecified atom stereocenters. The van der Waals surface area contributed by atoms with Crippen LogP contribution in [0.1, 0.15) is 31.2 Å². The highest BCUT2D eigenvalue weighted by molar-refractivity contribution is 7.89. The van der Waals surface area contributed by atoms with E-state index in [2.05, 4.69) is 15.5 Å². The Bertz CT molecular complexity index is 1250. The van der Waals surface area contributed by atoms with E-state index in [-0.39, 0.29) is 0 Å². The van der Waals surface area contributed by atoms with E-state index in [1.54, 1.807) is 42.9 Å². The normalized spacial score (nSPS) is 15.2. The Hall–Kier alpha value is -2.95. The third-order valence-electron chi connectivity index (χ3n) is 5.63. The number of nitrogens with zero attached hydrogens (tertiary/aromatic N) is 3. The lowest BCUT2D eigenvalue weighted by Gasteiger charge is -2.20. The van der Waals surface area contributed by atoms with Crippen molar-refractivity contribution >= 4 is 32.7 Å². The number of sulfonamides is 1. The highest BCUT2D eigenvalue weighted by Gasteiger charge is 2.25. The molecule has 180 valence electrons. The lowest BCUT2D eigenvalue weighted by Crippen LogP contribution is -2.31. The topological polar surface area (TPSA) is 93.1 Å². The minimum Gasteiger partial charge on any atom is -0.493 e. The Kier molecular flexibility index (Phi) is 7.81. The number of rotatable bonds is 8. The number of ether oxygens (including phenoxy) is 2. The molecule has 1 aliphatic heterocycles. The van der Waals surface area contributed by atoms with Crippen molar-refractivity contribution < 1.29 is 17.9 Å². The van der Waals surface area contributed by atoms with Crippen LogP contribution in [0.3, 0.4) is 0 Å². The van der Waals surface area contributed by atoms with E-state index in [0.717, 1.165) is 36.8 Å². The summed E-state index contributed by atoms with van der Waals surface area (Å²) in [6.45, 7) is 1.15. The van der Waals surface area contributed by atoms with Crippen LogP contribution in [0.15, 0.2) is 57.8 Å². The minimum atomic E-state index is -3.52. The number of nitrogens with one attached hydrogen (secondary N) is 1. The number of para-hydroxylation sites is 1. The van der Waals surface area contributed by atoms with Crippen LogP contribution in [-0.4, -0.2) is 51.2 Å². The Balaban J connectivity index is 1.49. The molecule has 0 saturated carbocycles. The van der Waals surface area contributed by atoms with Gasteiger partial charge in [0.15, 0.2) is 11.5 Å². The van der Waals surface area contributed by atoms with Crippen LogP contribution in [0.5, 0.6) is 11.5 Å².